The van der Waals surface area contributed by atoms with Gasteiger partial charge >= 0.3 is 0 Å². The zero-order valence-electron chi connectivity index (χ0n) is 12.3. The Bertz CT molecular complexity index is 504. The molecule has 1 aromatic heterocycles. The molecule has 2 rings (SSSR count). The van der Waals surface area contributed by atoms with Crippen molar-refractivity contribution in [1.29, 1.82) is 0 Å². The van der Waals surface area contributed by atoms with E-state index in [0.29, 0.717) is 17.7 Å². The molecule has 116 valence electrons. The lowest BCUT2D eigenvalue weighted by molar-refractivity contribution is -0.130. The lowest BCUT2D eigenvalue weighted by atomic mass is 10.0. The van der Waals surface area contributed by atoms with Crippen LogP contribution in [-0.4, -0.2) is 60.5 Å². The molecular formula is C14H20BrClN4O. The average Bonchev–Trinajstić information content (AvgIpc) is 2.45. The molecular weight excluding hydrogens is 356 g/mol. The molecule has 1 N–H and O–H groups in total. The number of pyridine rings is 1. The fraction of sp³-hybridized carbons (Fsp3) is 0.571. The smallest absolute Gasteiger partial charge is 0.236 e. The standard InChI is InChI=1S/C14H20BrClN4O/c1-19(2)13(21)9-20-5-3-10(4-6-20)18-11-7-12(15)14(16)17-8-11/h7-8,10,18H,3-6,9H2,1-2H3. The van der Waals surface area contributed by atoms with E-state index in [1.54, 1.807) is 25.2 Å². The molecule has 1 aromatic rings. The Morgan fingerprint density at radius 1 is 1.52 bits per heavy atom. The Balaban J connectivity index is 1.81. The monoisotopic (exact) mass is 374 g/mol. The van der Waals surface area contributed by atoms with Crippen LogP contribution >= 0.6 is 27.5 Å². The third-order valence-electron chi connectivity index (χ3n) is 3.61. The van der Waals surface area contributed by atoms with Crippen molar-refractivity contribution in [1.82, 2.24) is 14.8 Å². The number of hydrogen-bond acceptors (Lipinski definition) is 4. The third kappa shape index (κ3) is 4.83. The van der Waals surface area contributed by atoms with Crippen molar-refractivity contribution in [3.05, 3.63) is 21.9 Å². The van der Waals surface area contributed by atoms with Gasteiger partial charge in [0.25, 0.3) is 0 Å². The molecule has 1 amide bonds. The Morgan fingerprint density at radius 3 is 2.76 bits per heavy atom. The summed E-state index contributed by atoms with van der Waals surface area (Å²) in [6, 6.07) is 2.35. The van der Waals surface area contributed by atoms with E-state index in [9.17, 15) is 4.79 Å². The van der Waals surface area contributed by atoms with Crippen LogP contribution in [0.4, 0.5) is 5.69 Å². The van der Waals surface area contributed by atoms with Crippen molar-refractivity contribution in [2.75, 3.05) is 39.0 Å². The molecule has 1 saturated heterocycles. The minimum absolute atomic E-state index is 0.159. The van der Waals surface area contributed by atoms with Crippen molar-refractivity contribution >= 4 is 39.1 Å². The van der Waals surface area contributed by atoms with E-state index in [4.69, 9.17) is 11.6 Å². The van der Waals surface area contributed by atoms with Crippen molar-refractivity contribution in [2.24, 2.45) is 0 Å². The van der Waals surface area contributed by atoms with E-state index in [1.807, 2.05) is 6.07 Å². The molecule has 0 saturated carbocycles. The molecule has 0 radical (unpaired) electrons. The van der Waals surface area contributed by atoms with Gasteiger partial charge in [0.2, 0.25) is 5.91 Å². The Kier molecular flexibility index (Phi) is 5.84. The van der Waals surface area contributed by atoms with Gasteiger partial charge in [-0.15, -0.1) is 0 Å². The fourth-order valence-electron chi connectivity index (χ4n) is 2.30. The van der Waals surface area contributed by atoms with Crippen LogP contribution in [0, 0.1) is 0 Å². The van der Waals surface area contributed by atoms with E-state index in [2.05, 4.69) is 31.1 Å². The second-order valence-electron chi connectivity index (χ2n) is 5.48. The largest absolute Gasteiger partial charge is 0.381 e. The van der Waals surface area contributed by atoms with E-state index in [-0.39, 0.29) is 5.91 Å². The lowest BCUT2D eigenvalue weighted by Crippen LogP contribution is -2.43. The summed E-state index contributed by atoms with van der Waals surface area (Å²) in [7, 11) is 3.59. The first-order valence-corrected chi connectivity index (χ1v) is 8.13. The predicted molar refractivity (Wildman–Crippen MR) is 88.7 cm³/mol. The van der Waals surface area contributed by atoms with Gasteiger partial charge in [-0.05, 0) is 34.8 Å². The molecule has 0 aromatic carbocycles. The summed E-state index contributed by atoms with van der Waals surface area (Å²) in [5, 5.41) is 3.94. The van der Waals surface area contributed by atoms with Crippen LogP contribution in [-0.2, 0) is 4.79 Å². The predicted octanol–water partition coefficient (Wildman–Crippen LogP) is 2.46. The molecule has 1 aliphatic rings. The van der Waals surface area contributed by atoms with Gasteiger partial charge in [0.05, 0.1) is 22.9 Å². The molecule has 2 heterocycles. The topological polar surface area (TPSA) is 48.5 Å². The van der Waals surface area contributed by atoms with Crippen molar-refractivity contribution in [3.63, 3.8) is 0 Å². The molecule has 0 bridgehead atoms. The average molecular weight is 376 g/mol. The quantitative estimate of drug-likeness (QED) is 0.821. The van der Waals surface area contributed by atoms with Crippen LogP contribution in [0.3, 0.4) is 0 Å². The van der Waals surface area contributed by atoms with Gasteiger partial charge in [0.15, 0.2) is 0 Å². The zero-order valence-corrected chi connectivity index (χ0v) is 14.6. The molecule has 1 aliphatic heterocycles. The van der Waals surface area contributed by atoms with Crippen LogP contribution in [0.2, 0.25) is 5.15 Å². The fourth-order valence-corrected chi connectivity index (χ4v) is 2.76. The molecule has 0 aliphatic carbocycles. The van der Waals surface area contributed by atoms with Crippen molar-refractivity contribution < 1.29 is 4.79 Å². The Labute approximate surface area is 138 Å². The van der Waals surface area contributed by atoms with Crippen LogP contribution in [0.15, 0.2) is 16.7 Å². The highest BCUT2D eigenvalue weighted by molar-refractivity contribution is 9.10. The number of aromatic nitrogens is 1. The first-order chi connectivity index (χ1) is 9.95. The summed E-state index contributed by atoms with van der Waals surface area (Å²) in [6.07, 6.45) is 3.77. The number of carbonyl (C=O) groups is 1. The first kappa shape index (κ1) is 16.5. The van der Waals surface area contributed by atoms with Crippen molar-refractivity contribution in [2.45, 2.75) is 18.9 Å². The Morgan fingerprint density at radius 2 is 2.19 bits per heavy atom. The van der Waals surface area contributed by atoms with E-state index >= 15 is 0 Å². The second-order valence-corrected chi connectivity index (χ2v) is 6.69. The van der Waals surface area contributed by atoms with Gasteiger partial charge in [0.1, 0.15) is 5.15 Å². The maximum atomic E-state index is 11.7. The van der Waals surface area contributed by atoms with Crippen LogP contribution in [0.5, 0.6) is 0 Å². The number of piperidine rings is 1. The highest BCUT2D eigenvalue weighted by atomic mass is 79.9. The number of carbonyl (C=O) groups excluding carboxylic acids is 1. The number of nitrogens with one attached hydrogen (secondary N) is 1. The summed E-state index contributed by atoms with van der Waals surface area (Å²) in [5.41, 5.74) is 0.967. The molecule has 7 heteroatoms. The first-order valence-electron chi connectivity index (χ1n) is 6.96. The number of anilines is 1. The number of nitrogens with zero attached hydrogens (tertiary/aromatic N) is 3. The minimum atomic E-state index is 0.159. The van der Waals surface area contributed by atoms with Crippen LogP contribution in [0.1, 0.15) is 12.8 Å². The van der Waals surface area contributed by atoms with E-state index in [1.165, 1.54) is 0 Å². The van der Waals surface area contributed by atoms with Crippen LogP contribution in [0.25, 0.3) is 0 Å². The number of amides is 1. The summed E-state index contributed by atoms with van der Waals surface area (Å²) in [4.78, 5) is 19.7. The summed E-state index contributed by atoms with van der Waals surface area (Å²) in [6.45, 7) is 2.37. The normalized spacial score (nSPS) is 16.8. The zero-order chi connectivity index (χ0) is 15.4. The van der Waals surface area contributed by atoms with Crippen molar-refractivity contribution in [3.8, 4) is 0 Å². The molecule has 0 spiro atoms. The van der Waals surface area contributed by atoms with Gasteiger partial charge in [0, 0.05) is 33.2 Å². The number of likely N-dealkylation sites (N-methyl/N-ethyl adjacent to an activating group) is 1. The van der Waals surface area contributed by atoms with Gasteiger partial charge < -0.3 is 10.2 Å². The highest BCUT2D eigenvalue weighted by Gasteiger charge is 2.21. The van der Waals surface area contributed by atoms with Crippen LogP contribution < -0.4 is 5.32 Å². The molecule has 1 fully saturated rings. The minimum Gasteiger partial charge on any atom is -0.381 e. The number of halogens is 2. The highest BCUT2D eigenvalue weighted by Crippen LogP contribution is 2.24. The molecule has 0 atom stereocenters. The molecule has 21 heavy (non-hydrogen) atoms. The second kappa shape index (κ2) is 7.42. The van der Waals surface area contributed by atoms with E-state index < -0.39 is 0 Å². The number of rotatable bonds is 4. The maximum absolute atomic E-state index is 11.7. The summed E-state index contributed by atoms with van der Waals surface area (Å²) < 4.78 is 0.795. The SMILES string of the molecule is CN(C)C(=O)CN1CCC(Nc2cnc(Cl)c(Br)c2)CC1. The molecule has 5 nitrogen and oxygen atoms in total. The van der Waals surface area contributed by atoms with E-state index in [0.717, 1.165) is 36.1 Å². The summed E-state index contributed by atoms with van der Waals surface area (Å²) >= 11 is 9.26. The lowest BCUT2D eigenvalue weighted by Gasteiger charge is -2.32. The third-order valence-corrected chi connectivity index (χ3v) is 4.75. The van der Waals surface area contributed by atoms with Gasteiger partial charge in [-0.2, -0.15) is 0 Å². The molecule has 0 unspecified atom stereocenters. The number of likely N-dealkylation sites (tertiary alicyclic amines) is 1. The van der Waals surface area contributed by atoms with Gasteiger partial charge in [-0.1, -0.05) is 11.6 Å². The van der Waals surface area contributed by atoms with Gasteiger partial charge in [-0.3, -0.25) is 9.69 Å². The number of hydrogen-bond donors (Lipinski definition) is 1. The van der Waals surface area contributed by atoms with Gasteiger partial charge in [-0.25, -0.2) is 4.98 Å². The summed E-state index contributed by atoms with van der Waals surface area (Å²) in [5.74, 6) is 0.159. The maximum Gasteiger partial charge on any atom is 0.236 e. The Hall–Kier alpha value is -0.850.